The van der Waals surface area contributed by atoms with E-state index >= 15 is 0 Å². The molecule has 5 heterocycles. The second-order valence-electron chi connectivity index (χ2n) is 11.3. The van der Waals surface area contributed by atoms with Crippen LogP contribution in [0.1, 0.15) is 52.4 Å². The smallest absolute Gasteiger partial charge is 0.262 e. The van der Waals surface area contributed by atoms with Crippen LogP contribution in [0.5, 0.6) is 0 Å². The van der Waals surface area contributed by atoms with Crippen LogP contribution in [0.25, 0.3) is 11.3 Å². The number of aromatic nitrogens is 3. The molecule has 3 aromatic rings. The van der Waals surface area contributed by atoms with E-state index in [2.05, 4.69) is 26.8 Å². The first-order valence-electron chi connectivity index (χ1n) is 14.4. The lowest BCUT2D eigenvalue weighted by atomic mass is 9.80. The molecule has 2 aromatic heterocycles. The van der Waals surface area contributed by atoms with E-state index in [1.165, 1.54) is 0 Å². The number of fused-ring (bicyclic) bond motifs is 1. The third-order valence-electron chi connectivity index (χ3n) is 8.59. The molecule has 0 spiro atoms. The maximum atomic E-state index is 13.1. The number of nitrogens with one attached hydrogen (secondary N) is 2. The maximum Gasteiger partial charge on any atom is 0.262 e. The molecule has 12 heteroatoms. The van der Waals surface area contributed by atoms with Gasteiger partial charge in [0.1, 0.15) is 11.9 Å². The molecule has 1 aromatic carbocycles. The summed E-state index contributed by atoms with van der Waals surface area (Å²) in [7, 11) is 0. The van der Waals surface area contributed by atoms with Gasteiger partial charge >= 0.3 is 0 Å². The van der Waals surface area contributed by atoms with Crippen molar-refractivity contribution >= 4 is 35.1 Å². The van der Waals surface area contributed by atoms with Crippen molar-refractivity contribution in [3.8, 4) is 11.3 Å². The molecule has 1 saturated carbocycles. The average molecular weight is 570 g/mol. The van der Waals surface area contributed by atoms with Gasteiger partial charge < -0.3 is 15.0 Å². The summed E-state index contributed by atoms with van der Waals surface area (Å²) >= 11 is 0. The van der Waals surface area contributed by atoms with Crippen molar-refractivity contribution in [1.29, 1.82) is 0 Å². The number of benzene rings is 1. The number of hydrogen-bond acceptors (Lipinski definition) is 9. The maximum absolute atomic E-state index is 13.1. The van der Waals surface area contributed by atoms with Gasteiger partial charge in [-0.2, -0.15) is 5.10 Å². The number of nitrogens with zero attached hydrogens (tertiary/aromatic N) is 5. The standard InChI is InChI=1S/C30H31N7O5/c38-27-7-6-25(28(39)34-27)37-29(40)22-5-4-20(14-23(22)30(37)41)31-15-18-12-21(13-18)36-17-19(16-32-36)24-2-1-3-26(33-24)35-8-10-42-11-9-35/h1-5,14,16-18,21,25,31H,6-13,15H2,(H,34,38,39). The summed E-state index contributed by atoms with van der Waals surface area (Å²) in [5, 5.41) is 10.2. The number of imide groups is 2. The molecular formula is C30H31N7O5. The molecule has 7 rings (SSSR count). The zero-order valence-corrected chi connectivity index (χ0v) is 23.0. The van der Waals surface area contributed by atoms with Gasteiger partial charge in [-0.05, 0) is 55.5 Å². The number of ether oxygens (including phenoxy) is 1. The van der Waals surface area contributed by atoms with Crippen molar-refractivity contribution in [2.24, 2.45) is 5.92 Å². The molecule has 42 heavy (non-hydrogen) atoms. The zero-order chi connectivity index (χ0) is 28.8. The number of pyridine rings is 1. The van der Waals surface area contributed by atoms with E-state index in [9.17, 15) is 19.2 Å². The fraction of sp³-hybridized carbons (Fsp3) is 0.400. The molecule has 4 amide bonds. The van der Waals surface area contributed by atoms with Crippen molar-refractivity contribution in [3.63, 3.8) is 0 Å². The third kappa shape index (κ3) is 4.81. The molecule has 1 aliphatic carbocycles. The minimum atomic E-state index is -0.967. The number of morpholine rings is 1. The molecule has 12 nitrogen and oxygen atoms in total. The van der Waals surface area contributed by atoms with E-state index in [1.54, 1.807) is 18.2 Å². The largest absolute Gasteiger partial charge is 0.385 e. The molecule has 0 radical (unpaired) electrons. The molecule has 4 aliphatic rings. The highest BCUT2D eigenvalue weighted by atomic mass is 16.5. The Morgan fingerprint density at radius 1 is 1.00 bits per heavy atom. The Labute approximate surface area is 242 Å². The monoisotopic (exact) mass is 569 g/mol. The lowest BCUT2D eigenvalue weighted by Gasteiger charge is -2.35. The molecule has 216 valence electrons. The van der Waals surface area contributed by atoms with Crippen LogP contribution in [0.15, 0.2) is 48.8 Å². The van der Waals surface area contributed by atoms with Crippen molar-refractivity contribution in [2.45, 2.75) is 37.8 Å². The molecule has 1 unspecified atom stereocenters. The van der Waals surface area contributed by atoms with Gasteiger partial charge in [0, 0.05) is 43.5 Å². The van der Waals surface area contributed by atoms with Crippen LogP contribution in [0.4, 0.5) is 11.5 Å². The van der Waals surface area contributed by atoms with Crippen molar-refractivity contribution in [1.82, 2.24) is 25.0 Å². The van der Waals surface area contributed by atoms with E-state index in [0.29, 0.717) is 12.0 Å². The topological polar surface area (TPSA) is 139 Å². The van der Waals surface area contributed by atoms with Crippen molar-refractivity contribution in [2.75, 3.05) is 43.1 Å². The summed E-state index contributed by atoms with van der Waals surface area (Å²) in [6, 6.07) is 10.5. The highest BCUT2D eigenvalue weighted by molar-refractivity contribution is 6.23. The Morgan fingerprint density at radius 3 is 2.62 bits per heavy atom. The first-order valence-corrected chi connectivity index (χ1v) is 14.4. The fourth-order valence-electron chi connectivity index (χ4n) is 6.15. The van der Waals surface area contributed by atoms with Crippen LogP contribution in [0, 0.1) is 5.92 Å². The van der Waals surface area contributed by atoms with Crippen LogP contribution in [-0.4, -0.2) is 82.2 Å². The van der Waals surface area contributed by atoms with Crippen molar-refractivity contribution < 1.29 is 23.9 Å². The predicted molar refractivity (Wildman–Crippen MR) is 152 cm³/mol. The lowest BCUT2D eigenvalue weighted by molar-refractivity contribution is -0.136. The van der Waals surface area contributed by atoms with E-state index in [4.69, 9.17) is 9.72 Å². The molecule has 2 N–H and O–H groups in total. The van der Waals surface area contributed by atoms with Gasteiger partial charge in [-0.1, -0.05) is 6.07 Å². The zero-order valence-electron chi connectivity index (χ0n) is 23.0. The molecular weight excluding hydrogens is 538 g/mol. The normalized spacial score (nSPS) is 24.0. The minimum absolute atomic E-state index is 0.0951. The molecule has 3 fully saturated rings. The Bertz CT molecular complexity index is 1570. The van der Waals surface area contributed by atoms with E-state index in [0.717, 1.165) is 73.4 Å². The quantitative estimate of drug-likeness (QED) is 0.410. The minimum Gasteiger partial charge on any atom is -0.385 e. The number of anilines is 2. The van der Waals surface area contributed by atoms with Gasteiger partial charge in [-0.3, -0.25) is 34.1 Å². The van der Waals surface area contributed by atoms with Gasteiger partial charge in [0.05, 0.1) is 42.3 Å². The Kier molecular flexibility index (Phi) is 6.69. The molecule has 2 saturated heterocycles. The van der Waals surface area contributed by atoms with Gasteiger partial charge in [0.2, 0.25) is 11.8 Å². The van der Waals surface area contributed by atoms with E-state index in [1.807, 2.05) is 29.1 Å². The average Bonchev–Trinajstić information content (AvgIpc) is 3.56. The fourth-order valence-corrected chi connectivity index (χ4v) is 6.15. The van der Waals surface area contributed by atoms with Crippen LogP contribution >= 0.6 is 0 Å². The van der Waals surface area contributed by atoms with Crippen LogP contribution in [-0.2, 0) is 14.3 Å². The summed E-state index contributed by atoms with van der Waals surface area (Å²) in [5.74, 6) is -0.607. The van der Waals surface area contributed by atoms with Crippen LogP contribution in [0.2, 0.25) is 0 Å². The van der Waals surface area contributed by atoms with Gasteiger partial charge in [-0.15, -0.1) is 0 Å². The number of piperidine rings is 1. The number of hydrogen-bond donors (Lipinski definition) is 2. The summed E-state index contributed by atoms with van der Waals surface area (Å²) in [6.45, 7) is 3.84. The second kappa shape index (κ2) is 10.7. The number of carbonyl (C=O) groups excluding carboxylic acids is 4. The van der Waals surface area contributed by atoms with Crippen LogP contribution in [0.3, 0.4) is 0 Å². The lowest BCUT2D eigenvalue weighted by Crippen LogP contribution is -2.54. The van der Waals surface area contributed by atoms with Crippen LogP contribution < -0.4 is 15.5 Å². The first-order chi connectivity index (χ1) is 20.4. The summed E-state index contributed by atoms with van der Waals surface area (Å²) in [4.78, 5) is 57.9. The predicted octanol–water partition coefficient (Wildman–Crippen LogP) is 2.25. The highest BCUT2D eigenvalue weighted by Crippen LogP contribution is 2.38. The number of amides is 4. The SMILES string of the molecule is O=C1CCC(N2C(=O)c3ccc(NCC4CC(n5cc(-c6cccc(N7CCOCC7)n6)cn5)C4)cc3C2=O)C(=O)N1. The first kappa shape index (κ1) is 26.3. The van der Waals surface area contributed by atoms with Gasteiger partial charge in [-0.25, -0.2) is 4.98 Å². The third-order valence-corrected chi connectivity index (χ3v) is 8.59. The molecule has 0 bridgehead atoms. The number of rotatable bonds is 7. The molecule has 1 atom stereocenters. The van der Waals surface area contributed by atoms with E-state index in [-0.39, 0.29) is 24.0 Å². The molecule has 3 aliphatic heterocycles. The Morgan fingerprint density at radius 2 is 1.81 bits per heavy atom. The van der Waals surface area contributed by atoms with Gasteiger partial charge in [0.25, 0.3) is 11.8 Å². The van der Waals surface area contributed by atoms with E-state index < -0.39 is 29.7 Å². The summed E-state index contributed by atoms with van der Waals surface area (Å²) in [6.07, 6.45) is 6.12. The summed E-state index contributed by atoms with van der Waals surface area (Å²) < 4.78 is 7.48. The summed E-state index contributed by atoms with van der Waals surface area (Å²) in [5.41, 5.74) is 3.20. The second-order valence-corrected chi connectivity index (χ2v) is 11.3. The number of carbonyl (C=O) groups is 4. The van der Waals surface area contributed by atoms with Crippen molar-refractivity contribution in [3.05, 3.63) is 59.9 Å². The Hall–Kier alpha value is -4.58. The van der Waals surface area contributed by atoms with Gasteiger partial charge in [0.15, 0.2) is 0 Å². The highest BCUT2D eigenvalue weighted by Gasteiger charge is 2.44. The Balaban J connectivity index is 0.942.